The van der Waals surface area contributed by atoms with Gasteiger partial charge in [0.15, 0.2) is 0 Å². The highest BCUT2D eigenvalue weighted by Crippen LogP contribution is 2.33. The summed E-state index contributed by atoms with van der Waals surface area (Å²) < 4.78 is 0. The predicted octanol–water partition coefficient (Wildman–Crippen LogP) is 0.688. The summed E-state index contributed by atoms with van der Waals surface area (Å²) in [6, 6.07) is 7.20. The molecular weight excluding hydrogens is 222 g/mol. The first-order valence-electron chi connectivity index (χ1n) is 5.24. The summed E-state index contributed by atoms with van der Waals surface area (Å²) >= 11 is 0. The zero-order chi connectivity index (χ0) is 11.8. The Bertz CT molecular complexity index is 501. The number of rotatable bonds is 0. The molecule has 1 aromatic carbocycles. The largest absolute Gasteiger partial charge is 0.463 e. The topological polar surface area (TPSA) is 80.2 Å². The lowest BCUT2D eigenvalue weighted by molar-refractivity contribution is 0.191. The van der Waals surface area contributed by atoms with Crippen molar-refractivity contribution in [3.8, 4) is 0 Å². The van der Waals surface area contributed by atoms with Gasteiger partial charge in [0.05, 0.1) is 17.9 Å². The maximum atomic E-state index is 11.3. The fourth-order valence-corrected chi connectivity index (χ4v) is 1.89. The monoisotopic (exact) mass is 233 g/mol. The minimum Gasteiger partial charge on any atom is -0.463 e. The standard InChI is InChI=1S/C10H11N5O2/c16-10(17)14-8-4-2-1-3-7(8)13-15(14)9-11-5-6-12-9/h1-4,13H,5-6H2,(H,11,12)(H,16,17). The molecule has 7 nitrogen and oxygen atoms in total. The van der Waals surface area contributed by atoms with Gasteiger partial charge in [-0.2, -0.15) is 5.01 Å². The van der Waals surface area contributed by atoms with Crippen LogP contribution in [0.3, 0.4) is 0 Å². The number of benzene rings is 1. The predicted molar refractivity (Wildman–Crippen MR) is 62.7 cm³/mol. The third kappa shape index (κ3) is 1.43. The Balaban J connectivity index is 2.00. The van der Waals surface area contributed by atoms with E-state index < -0.39 is 6.09 Å². The highest BCUT2D eigenvalue weighted by atomic mass is 16.4. The smallest absolute Gasteiger partial charge is 0.432 e. The van der Waals surface area contributed by atoms with Crippen molar-refractivity contribution in [2.75, 3.05) is 23.5 Å². The van der Waals surface area contributed by atoms with Crippen LogP contribution in [0.25, 0.3) is 0 Å². The van der Waals surface area contributed by atoms with Crippen LogP contribution in [0.2, 0.25) is 0 Å². The normalized spacial score (nSPS) is 17.3. The molecule has 1 amide bonds. The molecule has 2 heterocycles. The number of fused-ring (bicyclic) bond motifs is 1. The van der Waals surface area contributed by atoms with Gasteiger partial charge in [-0.3, -0.25) is 5.43 Å². The number of guanidine groups is 1. The average Bonchev–Trinajstić information content (AvgIpc) is 2.95. The molecule has 0 spiro atoms. The van der Waals surface area contributed by atoms with Gasteiger partial charge in [-0.1, -0.05) is 12.1 Å². The van der Waals surface area contributed by atoms with E-state index in [0.717, 1.165) is 17.2 Å². The molecule has 0 unspecified atom stereocenters. The molecule has 17 heavy (non-hydrogen) atoms. The van der Waals surface area contributed by atoms with Crippen molar-refractivity contribution in [1.29, 1.82) is 0 Å². The van der Waals surface area contributed by atoms with Gasteiger partial charge in [-0.25, -0.2) is 9.79 Å². The third-order valence-corrected chi connectivity index (χ3v) is 2.60. The van der Waals surface area contributed by atoms with Crippen LogP contribution in [-0.4, -0.2) is 35.4 Å². The zero-order valence-electron chi connectivity index (χ0n) is 8.92. The number of hydrogen-bond donors (Lipinski definition) is 3. The number of anilines is 2. The molecule has 0 bridgehead atoms. The van der Waals surface area contributed by atoms with Crippen molar-refractivity contribution in [2.45, 2.75) is 0 Å². The van der Waals surface area contributed by atoms with E-state index in [1.165, 1.54) is 5.12 Å². The Labute approximate surface area is 97.3 Å². The molecule has 0 saturated heterocycles. The van der Waals surface area contributed by atoms with Crippen LogP contribution in [0.4, 0.5) is 16.2 Å². The van der Waals surface area contributed by atoms with Crippen LogP contribution in [0, 0.1) is 0 Å². The number of carbonyl (C=O) groups is 1. The summed E-state index contributed by atoms with van der Waals surface area (Å²) in [5.41, 5.74) is 4.33. The van der Waals surface area contributed by atoms with E-state index in [0.29, 0.717) is 18.2 Å². The van der Waals surface area contributed by atoms with Gasteiger partial charge in [0.1, 0.15) is 0 Å². The van der Waals surface area contributed by atoms with E-state index >= 15 is 0 Å². The van der Waals surface area contributed by atoms with E-state index in [-0.39, 0.29) is 0 Å². The molecule has 0 fully saturated rings. The second-order valence-electron chi connectivity index (χ2n) is 3.67. The summed E-state index contributed by atoms with van der Waals surface area (Å²) in [4.78, 5) is 15.5. The summed E-state index contributed by atoms with van der Waals surface area (Å²) in [6.45, 7) is 1.37. The SMILES string of the molecule is O=C(O)N1c2ccccc2NN1C1=NCCN1. The van der Waals surface area contributed by atoms with Crippen molar-refractivity contribution < 1.29 is 9.90 Å². The number of hydrogen-bond acceptors (Lipinski definition) is 5. The van der Waals surface area contributed by atoms with E-state index in [1.54, 1.807) is 12.1 Å². The van der Waals surface area contributed by atoms with Crippen LogP contribution < -0.4 is 15.8 Å². The highest BCUT2D eigenvalue weighted by molar-refractivity contribution is 5.99. The van der Waals surface area contributed by atoms with Crippen molar-refractivity contribution in [3.05, 3.63) is 24.3 Å². The summed E-state index contributed by atoms with van der Waals surface area (Å²) in [5, 5.41) is 14.8. The number of hydrazine groups is 2. The van der Waals surface area contributed by atoms with Crippen LogP contribution in [-0.2, 0) is 0 Å². The lowest BCUT2D eigenvalue weighted by atomic mass is 10.3. The first kappa shape index (κ1) is 9.76. The van der Waals surface area contributed by atoms with Gasteiger partial charge < -0.3 is 10.4 Å². The van der Waals surface area contributed by atoms with Crippen molar-refractivity contribution >= 4 is 23.4 Å². The fourth-order valence-electron chi connectivity index (χ4n) is 1.89. The van der Waals surface area contributed by atoms with Crippen molar-refractivity contribution in [3.63, 3.8) is 0 Å². The molecule has 0 aliphatic carbocycles. The number of amides is 1. The van der Waals surface area contributed by atoms with Crippen LogP contribution in [0.5, 0.6) is 0 Å². The van der Waals surface area contributed by atoms with Crippen LogP contribution in [0.1, 0.15) is 0 Å². The quantitative estimate of drug-likeness (QED) is 0.614. The number of aliphatic imine (C=N–C) groups is 1. The van der Waals surface area contributed by atoms with Crippen molar-refractivity contribution in [2.24, 2.45) is 4.99 Å². The van der Waals surface area contributed by atoms with Gasteiger partial charge in [0.2, 0.25) is 5.96 Å². The third-order valence-electron chi connectivity index (χ3n) is 2.60. The molecule has 0 saturated carbocycles. The lowest BCUT2D eigenvalue weighted by Gasteiger charge is -2.25. The van der Waals surface area contributed by atoms with Gasteiger partial charge in [0.25, 0.3) is 0 Å². The molecule has 0 aromatic heterocycles. The van der Waals surface area contributed by atoms with Crippen LogP contribution in [0.15, 0.2) is 29.3 Å². The van der Waals surface area contributed by atoms with E-state index in [4.69, 9.17) is 0 Å². The van der Waals surface area contributed by atoms with E-state index in [9.17, 15) is 9.90 Å². The summed E-state index contributed by atoms with van der Waals surface area (Å²) in [7, 11) is 0. The van der Waals surface area contributed by atoms with Gasteiger partial charge in [-0.15, -0.1) is 5.12 Å². The molecule has 2 aliphatic heterocycles. The first-order chi connectivity index (χ1) is 8.27. The maximum absolute atomic E-state index is 11.3. The Morgan fingerprint density at radius 1 is 1.41 bits per heavy atom. The minimum atomic E-state index is -1.06. The van der Waals surface area contributed by atoms with Gasteiger partial charge in [-0.05, 0) is 12.1 Å². The van der Waals surface area contributed by atoms with Crippen molar-refractivity contribution in [1.82, 2.24) is 10.4 Å². The summed E-state index contributed by atoms with van der Waals surface area (Å²) in [6.07, 6.45) is -1.06. The molecule has 0 atom stereocenters. The Morgan fingerprint density at radius 3 is 2.94 bits per heavy atom. The Morgan fingerprint density at radius 2 is 2.24 bits per heavy atom. The molecule has 3 N–H and O–H groups in total. The zero-order valence-corrected chi connectivity index (χ0v) is 8.92. The number of para-hydroxylation sites is 2. The number of nitrogens with one attached hydrogen (secondary N) is 2. The van der Waals surface area contributed by atoms with Gasteiger partial charge >= 0.3 is 6.09 Å². The molecule has 88 valence electrons. The molecular formula is C10H11N5O2. The van der Waals surface area contributed by atoms with E-state index in [1.807, 2.05) is 12.1 Å². The van der Waals surface area contributed by atoms with Crippen LogP contribution >= 0.6 is 0 Å². The van der Waals surface area contributed by atoms with Gasteiger partial charge in [0, 0.05) is 6.54 Å². The minimum absolute atomic E-state index is 0.517. The molecule has 3 rings (SSSR count). The summed E-state index contributed by atoms with van der Waals surface area (Å²) in [5.74, 6) is 0.517. The first-order valence-corrected chi connectivity index (χ1v) is 5.24. The molecule has 1 aromatic rings. The fraction of sp³-hybridized carbons (Fsp3) is 0.200. The maximum Gasteiger partial charge on any atom is 0.432 e. The number of nitrogens with zero attached hydrogens (tertiary/aromatic N) is 3. The lowest BCUT2D eigenvalue weighted by Crippen LogP contribution is -2.52. The number of carboxylic acid groups (broad SMARTS) is 1. The Kier molecular flexibility index (Phi) is 2.04. The Hall–Kier alpha value is -2.44. The average molecular weight is 233 g/mol. The molecule has 2 aliphatic rings. The second-order valence-corrected chi connectivity index (χ2v) is 3.67. The highest BCUT2D eigenvalue weighted by Gasteiger charge is 2.35. The van der Waals surface area contributed by atoms with E-state index in [2.05, 4.69) is 15.7 Å². The molecule has 0 radical (unpaired) electrons. The second kappa shape index (κ2) is 3.55. The molecule has 7 heteroatoms.